The van der Waals surface area contributed by atoms with Crippen molar-refractivity contribution < 1.29 is 4.74 Å². The number of hydrogen-bond donors (Lipinski definition) is 1. The van der Waals surface area contributed by atoms with E-state index in [-0.39, 0.29) is 0 Å². The first-order valence-electron chi connectivity index (χ1n) is 7.16. The number of benzene rings is 1. The highest BCUT2D eigenvalue weighted by Crippen LogP contribution is 2.28. The molecule has 0 atom stereocenters. The molecule has 2 heterocycles. The quantitative estimate of drug-likeness (QED) is 0.580. The van der Waals surface area contributed by atoms with Gasteiger partial charge in [-0.25, -0.2) is 0 Å². The predicted molar refractivity (Wildman–Crippen MR) is 91.7 cm³/mol. The van der Waals surface area contributed by atoms with E-state index in [1.54, 1.807) is 25.6 Å². The molecule has 4 nitrogen and oxygen atoms in total. The van der Waals surface area contributed by atoms with Crippen molar-refractivity contribution in [2.45, 2.75) is 0 Å². The van der Waals surface area contributed by atoms with Crippen molar-refractivity contribution in [2.75, 3.05) is 7.11 Å². The summed E-state index contributed by atoms with van der Waals surface area (Å²) in [4.78, 5) is 7.24. The van der Waals surface area contributed by atoms with Crippen molar-refractivity contribution in [3.63, 3.8) is 0 Å². The van der Waals surface area contributed by atoms with Crippen molar-refractivity contribution in [1.82, 2.24) is 9.97 Å². The molecule has 0 saturated carbocycles. The Hall–Kier alpha value is -3.32. The summed E-state index contributed by atoms with van der Waals surface area (Å²) in [5.41, 5.74) is 3.40. The van der Waals surface area contributed by atoms with Crippen molar-refractivity contribution in [3.8, 4) is 11.8 Å². The van der Waals surface area contributed by atoms with Crippen LogP contribution >= 0.6 is 0 Å². The summed E-state index contributed by atoms with van der Waals surface area (Å²) >= 11 is 0. The van der Waals surface area contributed by atoms with Gasteiger partial charge in [-0.2, -0.15) is 5.26 Å². The van der Waals surface area contributed by atoms with Gasteiger partial charge in [-0.05, 0) is 35.9 Å². The van der Waals surface area contributed by atoms with Crippen LogP contribution in [-0.2, 0) is 0 Å². The van der Waals surface area contributed by atoms with Crippen molar-refractivity contribution >= 4 is 22.6 Å². The fourth-order valence-corrected chi connectivity index (χ4v) is 2.37. The standard InChI is InChI=1S/C19H15N3O/c1-23-16-7-8-19-17(10-16)18(13-22-19)15(11-20)6-2-4-14-5-3-9-21-12-14/h2-10,12-13,22H,1H3/b4-2+,15-6+. The minimum absolute atomic E-state index is 0.588. The van der Waals surface area contributed by atoms with Gasteiger partial charge in [0.1, 0.15) is 5.75 Å². The zero-order valence-corrected chi connectivity index (χ0v) is 12.7. The molecule has 3 rings (SSSR count). The Morgan fingerprint density at radius 3 is 3.00 bits per heavy atom. The van der Waals surface area contributed by atoms with Crippen molar-refractivity contribution in [2.24, 2.45) is 0 Å². The van der Waals surface area contributed by atoms with Gasteiger partial charge < -0.3 is 9.72 Å². The third kappa shape index (κ3) is 3.14. The lowest BCUT2D eigenvalue weighted by Crippen LogP contribution is -1.83. The van der Waals surface area contributed by atoms with Gasteiger partial charge in [-0.3, -0.25) is 4.98 Å². The van der Waals surface area contributed by atoms with E-state index in [0.29, 0.717) is 5.57 Å². The van der Waals surface area contributed by atoms with Gasteiger partial charge in [0, 0.05) is 35.1 Å². The van der Waals surface area contributed by atoms with Gasteiger partial charge in [0.15, 0.2) is 0 Å². The van der Waals surface area contributed by atoms with Gasteiger partial charge in [0.2, 0.25) is 0 Å². The summed E-state index contributed by atoms with van der Waals surface area (Å²) in [5.74, 6) is 0.765. The van der Waals surface area contributed by atoms with Crippen LogP contribution in [0.2, 0.25) is 0 Å². The zero-order valence-electron chi connectivity index (χ0n) is 12.7. The molecule has 0 unspecified atom stereocenters. The molecule has 1 aromatic carbocycles. The lowest BCUT2D eigenvalue weighted by molar-refractivity contribution is 0.415. The SMILES string of the molecule is COc1ccc2[nH]cc(/C(C#N)=C/C=C/c3cccnc3)c2c1. The summed E-state index contributed by atoms with van der Waals surface area (Å²) in [7, 11) is 1.63. The molecule has 0 aliphatic carbocycles. The summed E-state index contributed by atoms with van der Waals surface area (Å²) < 4.78 is 5.26. The molecule has 0 amide bonds. The number of methoxy groups -OCH3 is 1. The maximum absolute atomic E-state index is 9.47. The lowest BCUT2D eigenvalue weighted by atomic mass is 10.1. The first-order valence-corrected chi connectivity index (χ1v) is 7.16. The van der Waals surface area contributed by atoms with Gasteiger partial charge in [0.25, 0.3) is 0 Å². The fraction of sp³-hybridized carbons (Fsp3) is 0.0526. The molecule has 2 aromatic heterocycles. The number of allylic oxidation sites excluding steroid dienone is 3. The minimum atomic E-state index is 0.588. The van der Waals surface area contributed by atoms with Crippen LogP contribution < -0.4 is 4.74 Å². The number of nitriles is 1. The van der Waals surface area contributed by atoms with Crippen LogP contribution in [0.5, 0.6) is 5.75 Å². The molecule has 0 radical (unpaired) electrons. The fourth-order valence-electron chi connectivity index (χ4n) is 2.37. The van der Waals surface area contributed by atoms with Crippen LogP contribution in [0.1, 0.15) is 11.1 Å². The molecule has 0 aliphatic rings. The molecule has 1 N–H and O–H groups in total. The Labute approximate surface area is 134 Å². The molecule has 112 valence electrons. The van der Waals surface area contributed by atoms with E-state index in [0.717, 1.165) is 27.8 Å². The van der Waals surface area contributed by atoms with E-state index in [4.69, 9.17) is 4.74 Å². The first kappa shape index (κ1) is 14.6. The van der Waals surface area contributed by atoms with E-state index in [9.17, 15) is 5.26 Å². The Bertz CT molecular complexity index is 915. The molecular formula is C19H15N3O. The normalized spacial score (nSPS) is 11.7. The van der Waals surface area contributed by atoms with Gasteiger partial charge >= 0.3 is 0 Å². The highest BCUT2D eigenvalue weighted by molar-refractivity contribution is 5.97. The maximum Gasteiger partial charge on any atom is 0.119 e. The summed E-state index contributed by atoms with van der Waals surface area (Å²) in [6.07, 6.45) is 10.9. The number of rotatable bonds is 4. The predicted octanol–water partition coefficient (Wildman–Crippen LogP) is 4.19. The van der Waals surface area contributed by atoms with Gasteiger partial charge in [-0.1, -0.05) is 18.2 Å². The highest BCUT2D eigenvalue weighted by atomic mass is 16.5. The van der Waals surface area contributed by atoms with E-state index < -0.39 is 0 Å². The van der Waals surface area contributed by atoms with E-state index in [1.807, 2.05) is 48.7 Å². The lowest BCUT2D eigenvalue weighted by Gasteiger charge is -2.00. The van der Waals surface area contributed by atoms with Crippen LogP contribution in [0.4, 0.5) is 0 Å². The Balaban J connectivity index is 1.96. The number of aromatic amines is 1. The number of nitrogens with one attached hydrogen (secondary N) is 1. The number of hydrogen-bond acceptors (Lipinski definition) is 3. The number of aromatic nitrogens is 2. The molecular weight excluding hydrogens is 286 g/mol. The minimum Gasteiger partial charge on any atom is -0.497 e. The van der Waals surface area contributed by atoms with Crippen LogP contribution in [-0.4, -0.2) is 17.1 Å². The average molecular weight is 301 g/mol. The van der Waals surface area contributed by atoms with E-state index in [2.05, 4.69) is 16.0 Å². The number of H-pyrrole nitrogens is 1. The van der Waals surface area contributed by atoms with Gasteiger partial charge in [-0.15, -0.1) is 0 Å². The second-order valence-corrected chi connectivity index (χ2v) is 4.95. The van der Waals surface area contributed by atoms with E-state index in [1.165, 1.54) is 0 Å². The van der Waals surface area contributed by atoms with Crippen LogP contribution in [0.15, 0.2) is 61.1 Å². The molecule has 23 heavy (non-hydrogen) atoms. The topological polar surface area (TPSA) is 61.7 Å². The van der Waals surface area contributed by atoms with Gasteiger partial charge in [0.05, 0.1) is 18.8 Å². The molecule has 0 aliphatic heterocycles. The average Bonchev–Trinajstić information content (AvgIpc) is 3.02. The Kier molecular flexibility index (Phi) is 4.21. The van der Waals surface area contributed by atoms with Crippen molar-refractivity contribution in [1.29, 1.82) is 5.26 Å². The van der Waals surface area contributed by atoms with E-state index >= 15 is 0 Å². The number of ether oxygens (including phenoxy) is 1. The monoisotopic (exact) mass is 301 g/mol. The summed E-state index contributed by atoms with van der Waals surface area (Å²) in [6.45, 7) is 0. The highest BCUT2D eigenvalue weighted by Gasteiger charge is 2.08. The number of pyridine rings is 1. The first-order chi connectivity index (χ1) is 11.3. The smallest absolute Gasteiger partial charge is 0.119 e. The largest absolute Gasteiger partial charge is 0.497 e. The summed E-state index contributed by atoms with van der Waals surface area (Å²) in [5, 5.41) is 10.4. The molecule has 4 heteroatoms. The van der Waals surface area contributed by atoms with Crippen molar-refractivity contribution in [3.05, 3.63) is 72.2 Å². The maximum atomic E-state index is 9.47. The molecule has 3 aromatic rings. The second kappa shape index (κ2) is 6.63. The Morgan fingerprint density at radius 1 is 1.35 bits per heavy atom. The molecule has 0 spiro atoms. The third-order valence-electron chi connectivity index (χ3n) is 3.54. The third-order valence-corrected chi connectivity index (χ3v) is 3.54. The number of fused-ring (bicyclic) bond motifs is 1. The molecule has 0 saturated heterocycles. The Morgan fingerprint density at radius 2 is 2.26 bits per heavy atom. The zero-order chi connectivity index (χ0) is 16.1. The van der Waals surface area contributed by atoms with Crippen LogP contribution in [0, 0.1) is 11.3 Å². The second-order valence-electron chi connectivity index (χ2n) is 4.95. The van der Waals surface area contributed by atoms with Crippen LogP contribution in [0.3, 0.4) is 0 Å². The molecule has 0 fully saturated rings. The number of nitrogens with zero attached hydrogens (tertiary/aromatic N) is 2. The van der Waals surface area contributed by atoms with Crippen LogP contribution in [0.25, 0.3) is 22.6 Å². The summed E-state index contributed by atoms with van der Waals surface area (Å²) in [6, 6.07) is 11.8. The molecule has 0 bridgehead atoms.